The fourth-order valence-electron chi connectivity index (χ4n) is 1.51. The first kappa shape index (κ1) is 12.3. The SMILES string of the molecule is O=c1cc(CCl)nc(Cc2ccc(Br)cc2)[nH]1. The highest BCUT2D eigenvalue weighted by Gasteiger charge is 2.02. The highest BCUT2D eigenvalue weighted by Crippen LogP contribution is 2.12. The average Bonchev–Trinajstić information content (AvgIpc) is 2.31. The zero-order valence-electron chi connectivity index (χ0n) is 8.91. The van der Waals surface area contributed by atoms with Crippen molar-refractivity contribution in [2.75, 3.05) is 0 Å². The second-order valence-electron chi connectivity index (χ2n) is 3.62. The smallest absolute Gasteiger partial charge is 0.251 e. The third-order valence-corrected chi connectivity index (χ3v) is 3.07. The van der Waals surface area contributed by atoms with Gasteiger partial charge in [0.2, 0.25) is 0 Å². The van der Waals surface area contributed by atoms with Crippen molar-refractivity contribution in [1.29, 1.82) is 0 Å². The predicted molar refractivity (Wildman–Crippen MR) is 71.4 cm³/mol. The number of aromatic nitrogens is 2. The van der Waals surface area contributed by atoms with Crippen molar-refractivity contribution >= 4 is 27.5 Å². The predicted octanol–water partition coefficient (Wildman–Crippen LogP) is 2.86. The summed E-state index contributed by atoms with van der Waals surface area (Å²) in [6.45, 7) is 0. The molecule has 17 heavy (non-hydrogen) atoms. The lowest BCUT2D eigenvalue weighted by Crippen LogP contribution is -2.12. The van der Waals surface area contributed by atoms with Gasteiger partial charge in [-0.3, -0.25) is 4.79 Å². The van der Waals surface area contributed by atoms with E-state index in [0.717, 1.165) is 10.0 Å². The van der Waals surface area contributed by atoms with Crippen molar-refractivity contribution in [3.05, 3.63) is 62.2 Å². The lowest BCUT2D eigenvalue weighted by molar-refractivity contribution is 0.915. The monoisotopic (exact) mass is 312 g/mol. The van der Waals surface area contributed by atoms with E-state index in [1.807, 2.05) is 24.3 Å². The Morgan fingerprint density at radius 1 is 1.29 bits per heavy atom. The fraction of sp³-hybridized carbons (Fsp3) is 0.167. The van der Waals surface area contributed by atoms with Crippen LogP contribution in [0.25, 0.3) is 0 Å². The van der Waals surface area contributed by atoms with Crippen LogP contribution in [0.2, 0.25) is 0 Å². The van der Waals surface area contributed by atoms with E-state index >= 15 is 0 Å². The van der Waals surface area contributed by atoms with Crippen molar-refractivity contribution in [1.82, 2.24) is 9.97 Å². The summed E-state index contributed by atoms with van der Waals surface area (Å²) < 4.78 is 1.03. The molecular weight excluding hydrogens is 304 g/mol. The molecule has 1 aromatic heterocycles. The molecule has 0 bridgehead atoms. The quantitative estimate of drug-likeness (QED) is 0.886. The first-order valence-corrected chi connectivity index (χ1v) is 6.39. The maximum Gasteiger partial charge on any atom is 0.251 e. The Balaban J connectivity index is 2.26. The van der Waals surface area contributed by atoms with Crippen LogP contribution in [0.1, 0.15) is 17.1 Å². The van der Waals surface area contributed by atoms with Gasteiger partial charge in [-0.2, -0.15) is 0 Å². The van der Waals surface area contributed by atoms with Crippen LogP contribution < -0.4 is 5.56 Å². The molecule has 88 valence electrons. The summed E-state index contributed by atoms with van der Waals surface area (Å²) in [6.07, 6.45) is 0.591. The van der Waals surface area contributed by atoms with Gasteiger partial charge in [-0.25, -0.2) is 4.98 Å². The van der Waals surface area contributed by atoms with E-state index in [2.05, 4.69) is 25.9 Å². The van der Waals surface area contributed by atoms with Crippen LogP contribution in [-0.4, -0.2) is 9.97 Å². The van der Waals surface area contributed by atoms with E-state index in [4.69, 9.17) is 11.6 Å². The van der Waals surface area contributed by atoms with E-state index < -0.39 is 0 Å². The first-order valence-electron chi connectivity index (χ1n) is 5.07. The minimum absolute atomic E-state index is 0.164. The highest BCUT2D eigenvalue weighted by atomic mass is 79.9. The van der Waals surface area contributed by atoms with Gasteiger partial charge < -0.3 is 4.98 Å². The zero-order chi connectivity index (χ0) is 12.3. The first-order chi connectivity index (χ1) is 8.17. The molecule has 1 aromatic carbocycles. The summed E-state index contributed by atoms with van der Waals surface area (Å²) in [5, 5.41) is 0. The summed E-state index contributed by atoms with van der Waals surface area (Å²) in [4.78, 5) is 18.3. The molecule has 0 amide bonds. The molecule has 3 nitrogen and oxygen atoms in total. The van der Waals surface area contributed by atoms with Crippen LogP contribution in [0.4, 0.5) is 0 Å². The summed E-state index contributed by atoms with van der Waals surface area (Å²) in [5.41, 5.74) is 1.52. The summed E-state index contributed by atoms with van der Waals surface area (Å²) >= 11 is 9.05. The second kappa shape index (κ2) is 5.47. The molecule has 5 heteroatoms. The highest BCUT2D eigenvalue weighted by molar-refractivity contribution is 9.10. The topological polar surface area (TPSA) is 45.8 Å². The zero-order valence-corrected chi connectivity index (χ0v) is 11.3. The van der Waals surface area contributed by atoms with E-state index in [1.54, 1.807) is 0 Å². The van der Waals surface area contributed by atoms with Gasteiger partial charge in [-0.1, -0.05) is 28.1 Å². The maximum atomic E-state index is 11.4. The molecule has 0 aliphatic rings. The summed E-state index contributed by atoms with van der Waals surface area (Å²) in [6, 6.07) is 9.30. The number of nitrogens with zero attached hydrogens (tertiary/aromatic N) is 1. The van der Waals surface area contributed by atoms with Gasteiger partial charge in [0.05, 0.1) is 11.6 Å². The van der Waals surface area contributed by atoms with E-state index in [-0.39, 0.29) is 11.4 Å². The Hall–Kier alpha value is -1.13. The molecule has 0 aliphatic carbocycles. The molecule has 0 radical (unpaired) electrons. The third kappa shape index (κ3) is 3.41. The molecule has 0 unspecified atom stereocenters. The van der Waals surface area contributed by atoms with Gasteiger partial charge in [0, 0.05) is 17.0 Å². The molecule has 2 aromatic rings. The van der Waals surface area contributed by atoms with Crippen LogP contribution >= 0.6 is 27.5 Å². The molecular formula is C12H10BrClN2O. The number of alkyl halides is 1. The van der Waals surface area contributed by atoms with Crippen LogP contribution in [0.5, 0.6) is 0 Å². The Bertz CT molecular complexity index is 565. The molecule has 0 aliphatic heterocycles. The minimum Gasteiger partial charge on any atom is -0.310 e. The Labute approximate surface area is 112 Å². The second-order valence-corrected chi connectivity index (χ2v) is 4.80. The lowest BCUT2D eigenvalue weighted by atomic mass is 10.1. The van der Waals surface area contributed by atoms with Crippen molar-refractivity contribution in [3.63, 3.8) is 0 Å². The number of benzene rings is 1. The fourth-order valence-corrected chi connectivity index (χ4v) is 1.91. The maximum absolute atomic E-state index is 11.4. The number of hydrogen-bond donors (Lipinski definition) is 1. The van der Waals surface area contributed by atoms with Crippen LogP contribution in [0.15, 0.2) is 39.6 Å². The van der Waals surface area contributed by atoms with Gasteiger partial charge in [0.1, 0.15) is 5.82 Å². The Kier molecular flexibility index (Phi) is 3.97. The number of nitrogens with one attached hydrogen (secondary N) is 1. The van der Waals surface area contributed by atoms with Gasteiger partial charge in [-0.05, 0) is 17.7 Å². The van der Waals surface area contributed by atoms with E-state index in [1.165, 1.54) is 6.07 Å². The molecule has 1 heterocycles. The molecule has 0 saturated heterocycles. The van der Waals surface area contributed by atoms with Crippen molar-refractivity contribution in [3.8, 4) is 0 Å². The van der Waals surface area contributed by atoms with E-state index in [0.29, 0.717) is 17.9 Å². The largest absolute Gasteiger partial charge is 0.310 e. The summed E-state index contributed by atoms with van der Waals surface area (Å²) in [5.74, 6) is 0.882. The summed E-state index contributed by atoms with van der Waals surface area (Å²) in [7, 11) is 0. The number of H-pyrrole nitrogens is 1. The van der Waals surface area contributed by atoms with Crippen LogP contribution in [-0.2, 0) is 12.3 Å². The molecule has 0 fully saturated rings. The lowest BCUT2D eigenvalue weighted by Gasteiger charge is -2.03. The van der Waals surface area contributed by atoms with Gasteiger partial charge in [0.15, 0.2) is 0 Å². The minimum atomic E-state index is -0.164. The van der Waals surface area contributed by atoms with Crippen molar-refractivity contribution in [2.24, 2.45) is 0 Å². The molecule has 1 N–H and O–H groups in total. The van der Waals surface area contributed by atoms with Gasteiger partial charge >= 0.3 is 0 Å². The van der Waals surface area contributed by atoms with Crippen LogP contribution in [0, 0.1) is 0 Å². The Morgan fingerprint density at radius 2 is 2.00 bits per heavy atom. The molecule has 2 rings (SSSR count). The number of hydrogen-bond acceptors (Lipinski definition) is 2. The number of aromatic amines is 1. The van der Waals surface area contributed by atoms with Crippen molar-refractivity contribution < 1.29 is 0 Å². The van der Waals surface area contributed by atoms with Crippen LogP contribution in [0.3, 0.4) is 0 Å². The number of halogens is 2. The Morgan fingerprint density at radius 3 is 2.65 bits per heavy atom. The standard InChI is InChI=1S/C12H10BrClN2O/c13-9-3-1-8(2-4-9)5-11-15-10(7-14)6-12(17)16-11/h1-4,6H,5,7H2,(H,15,16,17). The number of rotatable bonds is 3. The normalized spacial score (nSPS) is 10.5. The van der Waals surface area contributed by atoms with E-state index in [9.17, 15) is 4.79 Å². The third-order valence-electron chi connectivity index (χ3n) is 2.27. The van der Waals surface area contributed by atoms with Gasteiger partial charge in [0.25, 0.3) is 5.56 Å². The molecule has 0 spiro atoms. The molecule has 0 saturated carbocycles. The molecule has 0 atom stereocenters. The van der Waals surface area contributed by atoms with Crippen molar-refractivity contribution in [2.45, 2.75) is 12.3 Å². The average molecular weight is 314 g/mol. The van der Waals surface area contributed by atoms with Gasteiger partial charge in [-0.15, -0.1) is 11.6 Å².